The van der Waals surface area contributed by atoms with Crippen LogP contribution in [0.4, 0.5) is 5.69 Å². The molecule has 0 spiro atoms. The van der Waals surface area contributed by atoms with Gasteiger partial charge in [0, 0.05) is 18.8 Å². The van der Waals surface area contributed by atoms with Crippen LogP contribution in [0.25, 0.3) is 0 Å². The fourth-order valence-corrected chi connectivity index (χ4v) is 5.66. The molecule has 2 aromatic carbocycles. The average Bonchev–Trinajstić information content (AvgIpc) is 3.22. The van der Waals surface area contributed by atoms with Crippen molar-refractivity contribution < 1.29 is 13.2 Å². The summed E-state index contributed by atoms with van der Waals surface area (Å²) in [6.07, 6.45) is 2.22. The number of nitrogens with zero attached hydrogens (tertiary/aromatic N) is 3. The summed E-state index contributed by atoms with van der Waals surface area (Å²) in [5.41, 5.74) is 4.35. The van der Waals surface area contributed by atoms with Crippen LogP contribution < -0.4 is 5.32 Å². The number of aryl methyl sites for hydroxylation is 2. The minimum atomic E-state index is -3.57. The lowest BCUT2D eigenvalue weighted by atomic mass is 10.0. The summed E-state index contributed by atoms with van der Waals surface area (Å²) in [4.78, 5) is 13.5. The van der Waals surface area contributed by atoms with Crippen LogP contribution in [0.3, 0.4) is 0 Å². The maximum Gasteiger partial charge on any atom is 0.269 e. The normalized spacial score (nSPS) is 14.3. The highest BCUT2D eigenvalue weighted by molar-refractivity contribution is 7.89. The molecule has 1 amide bonds. The SMILES string of the molecule is CCCc1nnsc1C(=O)Nc1ccc2c(c1)CN(S(=O)(=O)c1ccc(C)cc1)CC2. The lowest BCUT2D eigenvalue weighted by molar-refractivity contribution is 0.102. The number of fused-ring (bicyclic) bond motifs is 1. The molecule has 31 heavy (non-hydrogen) atoms. The molecule has 1 aliphatic heterocycles. The maximum absolute atomic E-state index is 13.1. The van der Waals surface area contributed by atoms with Crippen molar-refractivity contribution >= 4 is 33.2 Å². The molecule has 7 nitrogen and oxygen atoms in total. The summed E-state index contributed by atoms with van der Waals surface area (Å²) >= 11 is 1.09. The highest BCUT2D eigenvalue weighted by Gasteiger charge is 2.28. The van der Waals surface area contributed by atoms with E-state index in [0.29, 0.717) is 40.5 Å². The zero-order chi connectivity index (χ0) is 22.0. The number of nitrogens with one attached hydrogen (secondary N) is 1. The molecule has 0 unspecified atom stereocenters. The Labute approximate surface area is 186 Å². The molecule has 0 bridgehead atoms. The molecule has 9 heteroatoms. The fourth-order valence-electron chi connectivity index (χ4n) is 3.64. The Morgan fingerprint density at radius 1 is 1.16 bits per heavy atom. The first-order valence-electron chi connectivity index (χ1n) is 10.2. The number of anilines is 1. The smallest absolute Gasteiger partial charge is 0.269 e. The number of benzene rings is 2. The summed E-state index contributed by atoms with van der Waals surface area (Å²) in [6.45, 7) is 4.66. The predicted octanol–water partition coefficient (Wildman–Crippen LogP) is 3.80. The van der Waals surface area contributed by atoms with Gasteiger partial charge in [0.25, 0.3) is 5.91 Å². The number of sulfonamides is 1. The Balaban J connectivity index is 1.53. The lowest BCUT2D eigenvalue weighted by Gasteiger charge is -2.28. The van der Waals surface area contributed by atoms with Crippen molar-refractivity contribution in [1.82, 2.24) is 13.9 Å². The largest absolute Gasteiger partial charge is 0.321 e. The summed E-state index contributed by atoms with van der Waals surface area (Å²) in [5, 5.41) is 6.95. The third-order valence-electron chi connectivity index (χ3n) is 5.35. The van der Waals surface area contributed by atoms with E-state index in [1.165, 1.54) is 4.31 Å². The summed E-state index contributed by atoms with van der Waals surface area (Å²) in [7, 11) is -3.57. The lowest BCUT2D eigenvalue weighted by Crippen LogP contribution is -2.36. The first-order valence-corrected chi connectivity index (χ1v) is 12.4. The topological polar surface area (TPSA) is 92.3 Å². The monoisotopic (exact) mass is 456 g/mol. The Morgan fingerprint density at radius 2 is 1.94 bits per heavy atom. The molecule has 4 rings (SSSR count). The Kier molecular flexibility index (Phi) is 6.17. The van der Waals surface area contributed by atoms with Crippen molar-refractivity contribution in [2.45, 2.75) is 44.6 Å². The van der Waals surface area contributed by atoms with Crippen LogP contribution in [0.15, 0.2) is 47.4 Å². The Hall–Kier alpha value is -2.62. The van der Waals surface area contributed by atoms with Gasteiger partial charge in [-0.2, -0.15) is 4.31 Å². The van der Waals surface area contributed by atoms with Crippen LogP contribution in [-0.4, -0.2) is 34.8 Å². The highest BCUT2D eigenvalue weighted by Crippen LogP contribution is 2.27. The maximum atomic E-state index is 13.1. The van der Waals surface area contributed by atoms with Crippen LogP contribution in [0.2, 0.25) is 0 Å². The third kappa shape index (κ3) is 4.53. The van der Waals surface area contributed by atoms with Gasteiger partial charge in [-0.05, 0) is 66.7 Å². The summed E-state index contributed by atoms with van der Waals surface area (Å²) in [6, 6.07) is 12.6. The number of hydrogen-bond donors (Lipinski definition) is 1. The van der Waals surface area contributed by atoms with Crippen molar-refractivity contribution in [3.8, 4) is 0 Å². The van der Waals surface area contributed by atoms with E-state index in [0.717, 1.165) is 34.6 Å². The van der Waals surface area contributed by atoms with Gasteiger partial charge in [-0.1, -0.05) is 41.6 Å². The van der Waals surface area contributed by atoms with Gasteiger partial charge < -0.3 is 5.32 Å². The van der Waals surface area contributed by atoms with Gasteiger partial charge in [0.15, 0.2) is 0 Å². The molecule has 0 aliphatic carbocycles. The molecule has 1 aliphatic rings. The molecule has 0 atom stereocenters. The number of hydrogen-bond acceptors (Lipinski definition) is 6. The van der Waals surface area contributed by atoms with Gasteiger partial charge in [-0.25, -0.2) is 8.42 Å². The molecular formula is C22H24N4O3S2. The molecule has 3 aromatic rings. The average molecular weight is 457 g/mol. The highest BCUT2D eigenvalue weighted by atomic mass is 32.2. The first kappa shape index (κ1) is 21.6. The zero-order valence-corrected chi connectivity index (χ0v) is 19.1. The second kappa shape index (κ2) is 8.86. The molecule has 0 fully saturated rings. The van der Waals surface area contributed by atoms with Crippen LogP contribution in [0.5, 0.6) is 0 Å². The van der Waals surface area contributed by atoms with Crippen molar-refractivity contribution in [3.63, 3.8) is 0 Å². The second-order valence-corrected chi connectivity index (χ2v) is 10.3. The van der Waals surface area contributed by atoms with Crippen LogP contribution in [-0.2, 0) is 29.4 Å². The van der Waals surface area contributed by atoms with E-state index < -0.39 is 10.0 Å². The Bertz CT molecular complexity index is 1200. The van der Waals surface area contributed by atoms with E-state index in [1.54, 1.807) is 24.3 Å². The van der Waals surface area contributed by atoms with Crippen LogP contribution >= 0.6 is 11.5 Å². The minimum absolute atomic E-state index is 0.238. The van der Waals surface area contributed by atoms with Crippen molar-refractivity contribution in [1.29, 1.82) is 0 Å². The van der Waals surface area contributed by atoms with E-state index in [-0.39, 0.29) is 12.5 Å². The third-order valence-corrected chi connectivity index (χ3v) is 7.98. The molecular weight excluding hydrogens is 432 g/mol. The number of carbonyl (C=O) groups excluding carboxylic acids is 1. The van der Waals surface area contributed by atoms with Gasteiger partial charge in [0.2, 0.25) is 10.0 Å². The van der Waals surface area contributed by atoms with Gasteiger partial charge in [-0.15, -0.1) is 5.10 Å². The fraction of sp³-hybridized carbons (Fsp3) is 0.318. The molecule has 0 radical (unpaired) electrons. The molecule has 0 saturated heterocycles. The molecule has 0 saturated carbocycles. The summed E-state index contributed by atoms with van der Waals surface area (Å²) in [5.74, 6) is -0.238. The van der Waals surface area contributed by atoms with Gasteiger partial charge >= 0.3 is 0 Å². The van der Waals surface area contributed by atoms with Crippen molar-refractivity contribution in [2.24, 2.45) is 0 Å². The quantitative estimate of drug-likeness (QED) is 0.609. The van der Waals surface area contributed by atoms with E-state index in [9.17, 15) is 13.2 Å². The standard InChI is InChI=1S/C22H24N4O3S2/c1-3-4-20-21(30-25-24-20)22(27)23-18-8-7-16-11-12-26(14-17(16)13-18)31(28,29)19-9-5-15(2)6-10-19/h5-10,13H,3-4,11-12,14H2,1-2H3,(H,23,27). The zero-order valence-electron chi connectivity index (χ0n) is 17.5. The second-order valence-electron chi connectivity index (χ2n) is 7.64. The molecule has 1 N–H and O–H groups in total. The predicted molar refractivity (Wildman–Crippen MR) is 121 cm³/mol. The van der Waals surface area contributed by atoms with Gasteiger partial charge in [0.1, 0.15) is 4.88 Å². The Morgan fingerprint density at radius 3 is 2.68 bits per heavy atom. The van der Waals surface area contributed by atoms with Gasteiger partial charge in [-0.3, -0.25) is 4.79 Å². The van der Waals surface area contributed by atoms with Crippen LogP contribution in [0, 0.1) is 6.92 Å². The van der Waals surface area contributed by atoms with E-state index in [2.05, 4.69) is 14.9 Å². The molecule has 162 valence electrons. The number of amides is 1. The van der Waals surface area contributed by atoms with Crippen molar-refractivity contribution in [2.75, 3.05) is 11.9 Å². The van der Waals surface area contributed by atoms with Crippen LogP contribution in [0.1, 0.15) is 45.4 Å². The molecule has 1 aromatic heterocycles. The van der Waals surface area contributed by atoms with E-state index in [1.807, 2.05) is 32.0 Å². The number of carbonyl (C=O) groups is 1. The van der Waals surface area contributed by atoms with Crippen molar-refractivity contribution in [3.05, 3.63) is 69.7 Å². The number of rotatable bonds is 6. The summed E-state index contributed by atoms with van der Waals surface area (Å²) < 4.78 is 31.5. The minimum Gasteiger partial charge on any atom is -0.321 e. The number of aromatic nitrogens is 2. The van der Waals surface area contributed by atoms with E-state index in [4.69, 9.17) is 0 Å². The molecule has 2 heterocycles. The van der Waals surface area contributed by atoms with Gasteiger partial charge in [0.05, 0.1) is 10.6 Å². The van der Waals surface area contributed by atoms with E-state index >= 15 is 0 Å². The first-order chi connectivity index (χ1) is 14.9.